The lowest BCUT2D eigenvalue weighted by Crippen LogP contribution is -2.29. The number of nitrogens with zero attached hydrogens (tertiary/aromatic N) is 1. The Hall–Kier alpha value is -2.57. The monoisotopic (exact) mass is 467 g/mol. The number of imide groups is 1. The van der Waals surface area contributed by atoms with E-state index in [-0.39, 0.29) is 11.1 Å². The van der Waals surface area contributed by atoms with E-state index >= 15 is 0 Å². The van der Waals surface area contributed by atoms with Gasteiger partial charge in [0.15, 0.2) is 0 Å². The number of carbonyl (C=O) groups excluding carboxylic acids is 2. The van der Waals surface area contributed by atoms with E-state index in [0.717, 1.165) is 34.6 Å². The van der Waals surface area contributed by atoms with Crippen LogP contribution in [0.2, 0.25) is 0 Å². The fourth-order valence-electron chi connectivity index (χ4n) is 3.11. The molecule has 4 nitrogen and oxygen atoms in total. The minimum atomic E-state index is -0.255. The van der Waals surface area contributed by atoms with Crippen molar-refractivity contribution in [3.05, 3.63) is 87.4 Å². The maximum atomic E-state index is 12.6. The summed E-state index contributed by atoms with van der Waals surface area (Å²) in [5, 5.41) is -0.228. The van der Waals surface area contributed by atoms with E-state index in [2.05, 4.69) is 15.9 Å². The number of rotatable bonds is 6. The van der Waals surface area contributed by atoms with Crippen molar-refractivity contribution in [1.82, 2.24) is 4.90 Å². The van der Waals surface area contributed by atoms with E-state index in [9.17, 15) is 9.59 Å². The van der Waals surface area contributed by atoms with Crippen molar-refractivity contribution in [1.29, 1.82) is 0 Å². The second kappa shape index (κ2) is 8.84. The first kappa shape index (κ1) is 19.7. The van der Waals surface area contributed by atoms with Crippen molar-refractivity contribution in [2.45, 2.75) is 12.8 Å². The van der Waals surface area contributed by atoms with Gasteiger partial charge < -0.3 is 4.42 Å². The first-order chi connectivity index (χ1) is 14.1. The molecule has 29 heavy (non-hydrogen) atoms. The molecular formula is C23H18BrNO3S. The van der Waals surface area contributed by atoms with E-state index in [4.69, 9.17) is 4.42 Å². The van der Waals surface area contributed by atoms with Gasteiger partial charge in [0, 0.05) is 22.7 Å². The van der Waals surface area contributed by atoms with Gasteiger partial charge in [-0.25, -0.2) is 0 Å². The highest BCUT2D eigenvalue weighted by Crippen LogP contribution is 2.33. The predicted molar refractivity (Wildman–Crippen MR) is 119 cm³/mol. The van der Waals surface area contributed by atoms with Crippen LogP contribution in [0.1, 0.15) is 17.7 Å². The second-order valence-corrected chi connectivity index (χ2v) is 8.54. The molecule has 2 amide bonds. The van der Waals surface area contributed by atoms with Crippen LogP contribution in [0.4, 0.5) is 4.79 Å². The fraction of sp³-hybridized carbons (Fsp3) is 0.130. The summed E-state index contributed by atoms with van der Waals surface area (Å²) in [6, 6.07) is 21.5. The lowest BCUT2D eigenvalue weighted by molar-refractivity contribution is -0.122. The highest BCUT2D eigenvalue weighted by molar-refractivity contribution is 9.10. The van der Waals surface area contributed by atoms with Gasteiger partial charge in [0.25, 0.3) is 11.1 Å². The number of hydrogen-bond acceptors (Lipinski definition) is 4. The van der Waals surface area contributed by atoms with Gasteiger partial charge in [-0.3, -0.25) is 14.5 Å². The molecule has 3 aromatic rings. The van der Waals surface area contributed by atoms with Crippen LogP contribution in [-0.2, 0) is 11.2 Å². The molecule has 1 aromatic heterocycles. The molecule has 0 atom stereocenters. The lowest BCUT2D eigenvalue weighted by Gasteiger charge is -2.11. The first-order valence-corrected chi connectivity index (χ1v) is 10.9. The van der Waals surface area contributed by atoms with E-state index in [1.54, 1.807) is 12.1 Å². The molecule has 0 radical (unpaired) electrons. The summed E-state index contributed by atoms with van der Waals surface area (Å²) in [7, 11) is 0. The Morgan fingerprint density at radius 1 is 0.966 bits per heavy atom. The minimum Gasteiger partial charge on any atom is -0.457 e. The van der Waals surface area contributed by atoms with Crippen molar-refractivity contribution in [2.24, 2.45) is 0 Å². The number of halogens is 1. The van der Waals surface area contributed by atoms with Gasteiger partial charge in [0.05, 0.1) is 4.91 Å². The predicted octanol–water partition coefficient (Wildman–Crippen LogP) is 6.38. The van der Waals surface area contributed by atoms with Crippen LogP contribution in [0.15, 0.2) is 80.5 Å². The minimum absolute atomic E-state index is 0.228. The van der Waals surface area contributed by atoms with Crippen molar-refractivity contribution < 1.29 is 14.0 Å². The molecule has 0 aliphatic carbocycles. The molecule has 6 heteroatoms. The van der Waals surface area contributed by atoms with Gasteiger partial charge in [-0.1, -0.05) is 58.4 Å². The molecule has 1 fully saturated rings. The molecular weight excluding hydrogens is 450 g/mol. The smallest absolute Gasteiger partial charge is 0.293 e. The van der Waals surface area contributed by atoms with Crippen LogP contribution in [0.3, 0.4) is 0 Å². The molecule has 0 spiro atoms. The van der Waals surface area contributed by atoms with Crippen LogP contribution >= 0.6 is 27.7 Å². The zero-order chi connectivity index (χ0) is 20.2. The molecule has 1 aliphatic rings. The summed E-state index contributed by atoms with van der Waals surface area (Å²) in [6.07, 6.45) is 3.21. The first-order valence-electron chi connectivity index (χ1n) is 9.25. The molecule has 0 unspecified atom stereocenters. The third-order valence-electron chi connectivity index (χ3n) is 4.59. The van der Waals surface area contributed by atoms with Crippen molar-refractivity contribution >= 4 is 44.9 Å². The Morgan fingerprint density at radius 2 is 1.72 bits per heavy atom. The summed E-state index contributed by atoms with van der Waals surface area (Å²) in [5.41, 5.74) is 2.15. The molecule has 0 N–H and O–H groups in total. The van der Waals surface area contributed by atoms with E-state index in [1.165, 1.54) is 10.5 Å². The number of amides is 2. The quantitative estimate of drug-likeness (QED) is 0.394. The van der Waals surface area contributed by atoms with Crippen LogP contribution in [0.5, 0.6) is 0 Å². The Morgan fingerprint density at radius 3 is 2.48 bits per heavy atom. The SMILES string of the molecule is O=C1S/C(=C\c2ccc(-c3ccc(Br)cc3)o2)C(=O)N1CCCc1ccccc1. The van der Waals surface area contributed by atoms with E-state index < -0.39 is 0 Å². The largest absolute Gasteiger partial charge is 0.457 e. The average molecular weight is 468 g/mol. The van der Waals surface area contributed by atoms with Crippen molar-refractivity contribution in [2.75, 3.05) is 6.54 Å². The van der Waals surface area contributed by atoms with Gasteiger partial charge in [0.1, 0.15) is 11.5 Å². The standard InChI is InChI=1S/C23H18BrNO3S/c24-18-10-8-17(9-11-18)20-13-12-19(28-20)15-21-22(26)25(23(27)29-21)14-4-7-16-5-2-1-3-6-16/h1-3,5-6,8-13,15H,4,7,14H2/b21-15-. The summed E-state index contributed by atoms with van der Waals surface area (Å²) < 4.78 is 6.84. The van der Waals surface area contributed by atoms with Crippen LogP contribution in [0, 0.1) is 0 Å². The Labute approximate surface area is 181 Å². The van der Waals surface area contributed by atoms with Crippen molar-refractivity contribution in [3.63, 3.8) is 0 Å². The van der Waals surface area contributed by atoms with Gasteiger partial charge in [0.2, 0.25) is 0 Å². The number of thioether (sulfide) groups is 1. The topological polar surface area (TPSA) is 50.5 Å². The number of hydrogen-bond donors (Lipinski definition) is 0. The second-order valence-electron chi connectivity index (χ2n) is 6.63. The molecule has 2 heterocycles. The highest BCUT2D eigenvalue weighted by Gasteiger charge is 2.34. The average Bonchev–Trinajstić information content (AvgIpc) is 3.29. The maximum absolute atomic E-state index is 12.6. The Bertz CT molecular complexity index is 1060. The number of carbonyl (C=O) groups is 2. The fourth-order valence-corrected chi connectivity index (χ4v) is 4.22. The summed E-state index contributed by atoms with van der Waals surface area (Å²) in [5.74, 6) is 1.01. The molecule has 0 bridgehead atoms. The normalized spacial score (nSPS) is 15.5. The van der Waals surface area contributed by atoms with Crippen LogP contribution in [-0.4, -0.2) is 22.6 Å². The summed E-state index contributed by atoms with van der Waals surface area (Å²) in [4.78, 5) is 26.6. The summed E-state index contributed by atoms with van der Waals surface area (Å²) in [6.45, 7) is 0.416. The van der Waals surface area contributed by atoms with Crippen LogP contribution < -0.4 is 0 Å². The van der Waals surface area contributed by atoms with E-state index in [0.29, 0.717) is 23.0 Å². The number of benzene rings is 2. The third-order valence-corrected chi connectivity index (χ3v) is 6.03. The summed E-state index contributed by atoms with van der Waals surface area (Å²) >= 11 is 4.38. The van der Waals surface area contributed by atoms with E-state index in [1.807, 2.05) is 60.7 Å². The van der Waals surface area contributed by atoms with Gasteiger partial charge in [-0.15, -0.1) is 0 Å². The number of furan rings is 1. The third kappa shape index (κ3) is 4.71. The van der Waals surface area contributed by atoms with Gasteiger partial charge >= 0.3 is 0 Å². The maximum Gasteiger partial charge on any atom is 0.293 e. The Balaban J connectivity index is 1.41. The highest BCUT2D eigenvalue weighted by atomic mass is 79.9. The zero-order valence-corrected chi connectivity index (χ0v) is 17.9. The molecule has 2 aromatic carbocycles. The lowest BCUT2D eigenvalue weighted by atomic mass is 10.1. The molecule has 4 rings (SSSR count). The zero-order valence-electron chi connectivity index (χ0n) is 15.5. The Kier molecular flexibility index (Phi) is 6.02. The van der Waals surface area contributed by atoms with Gasteiger partial charge in [-0.05, 0) is 54.4 Å². The molecule has 1 saturated heterocycles. The van der Waals surface area contributed by atoms with Crippen LogP contribution in [0.25, 0.3) is 17.4 Å². The molecule has 0 saturated carbocycles. The number of aryl methyl sites for hydroxylation is 1. The van der Waals surface area contributed by atoms with Crippen molar-refractivity contribution in [3.8, 4) is 11.3 Å². The molecule has 1 aliphatic heterocycles. The van der Waals surface area contributed by atoms with Gasteiger partial charge in [-0.2, -0.15) is 0 Å². The molecule has 146 valence electrons.